The van der Waals surface area contributed by atoms with E-state index in [1.807, 2.05) is 6.07 Å². The van der Waals surface area contributed by atoms with Gasteiger partial charge in [0, 0.05) is 32.1 Å². The van der Waals surface area contributed by atoms with Crippen molar-refractivity contribution in [2.24, 2.45) is 12.8 Å². The first-order valence-electron chi connectivity index (χ1n) is 8.45. The fraction of sp³-hybridized carbons (Fsp3) is 0.158. The maximum atomic E-state index is 12.9. The number of hydrogen-bond acceptors (Lipinski definition) is 6. The van der Waals surface area contributed by atoms with Crippen LogP contribution in [0, 0.1) is 0 Å². The Morgan fingerprint density at radius 1 is 1.11 bits per heavy atom. The molecule has 0 fully saturated rings. The molecule has 0 saturated carbocycles. The molecule has 9 heteroatoms. The van der Waals surface area contributed by atoms with Crippen molar-refractivity contribution < 1.29 is 14.4 Å². The van der Waals surface area contributed by atoms with Crippen molar-refractivity contribution >= 4 is 17.6 Å². The minimum Gasteiger partial charge on any atom is -0.363 e. The Labute approximate surface area is 160 Å². The summed E-state index contributed by atoms with van der Waals surface area (Å²) in [5.41, 5.74) is 6.39. The predicted octanol–water partition coefficient (Wildman–Crippen LogP) is 0.273. The Balaban J connectivity index is 1.88. The summed E-state index contributed by atoms with van der Waals surface area (Å²) in [7, 11) is 1.65. The van der Waals surface area contributed by atoms with Gasteiger partial charge in [-0.2, -0.15) is 5.10 Å². The fourth-order valence-electron chi connectivity index (χ4n) is 2.71. The number of Topliss-reactive ketones (excluding diaryl/α,β-unsaturated/α-hetero) is 1. The summed E-state index contributed by atoms with van der Waals surface area (Å²) in [5.74, 6) is -2.29. The number of carbonyl (C=O) groups is 3. The fourth-order valence-corrected chi connectivity index (χ4v) is 2.71. The number of nitrogens with zero attached hydrogens (tertiary/aromatic N) is 4. The third-order valence-corrected chi connectivity index (χ3v) is 4.00. The van der Waals surface area contributed by atoms with Crippen LogP contribution in [0.3, 0.4) is 0 Å². The van der Waals surface area contributed by atoms with E-state index in [2.05, 4.69) is 20.4 Å². The van der Waals surface area contributed by atoms with Crippen molar-refractivity contribution in [3.8, 4) is 11.5 Å². The number of nitrogens with one attached hydrogen (secondary N) is 1. The van der Waals surface area contributed by atoms with Crippen molar-refractivity contribution in [3.63, 3.8) is 0 Å². The van der Waals surface area contributed by atoms with Crippen molar-refractivity contribution in [2.75, 3.05) is 0 Å². The molecule has 0 spiro atoms. The molecule has 0 bridgehead atoms. The molecular weight excluding hydrogens is 360 g/mol. The molecule has 2 heterocycles. The topological polar surface area (TPSA) is 133 Å². The molecule has 0 saturated heterocycles. The maximum Gasteiger partial charge on any atom is 0.287 e. The van der Waals surface area contributed by atoms with Gasteiger partial charge in [0.05, 0.1) is 5.56 Å². The molecule has 1 atom stereocenters. The molecule has 3 N–H and O–H groups in total. The SMILES string of the molecule is Cn1cc(C(=O)NC(Cc2ccccc2)C(=O)C(N)=O)c(-c2ncccn2)n1. The monoisotopic (exact) mass is 378 g/mol. The summed E-state index contributed by atoms with van der Waals surface area (Å²) in [5, 5.41) is 6.82. The Hall–Kier alpha value is -3.88. The van der Waals surface area contributed by atoms with Crippen LogP contribution >= 0.6 is 0 Å². The number of primary amides is 1. The number of carbonyl (C=O) groups excluding carboxylic acids is 3. The molecule has 0 aliphatic rings. The Kier molecular flexibility index (Phi) is 5.54. The average molecular weight is 378 g/mol. The van der Waals surface area contributed by atoms with E-state index in [0.29, 0.717) is 0 Å². The van der Waals surface area contributed by atoms with Crippen molar-refractivity contribution in [1.29, 1.82) is 0 Å². The predicted molar refractivity (Wildman–Crippen MR) is 99.8 cm³/mol. The first kappa shape index (κ1) is 18.9. The zero-order chi connectivity index (χ0) is 20.1. The molecule has 0 aliphatic carbocycles. The zero-order valence-corrected chi connectivity index (χ0v) is 15.1. The van der Waals surface area contributed by atoms with Gasteiger partial charge in [-0.05, 0) is 11.6 Å². The van der Waals surface area contributed by atoms with Gasteiger partial charge in [-0.25, -0.2) is 9.97 Å². The minimum absolute atomic E-state index is 0.131. The van der Waals surface area contributed by atoms with Gasteiger partial charge in [0.1, 0.15) is 11.7 Å². The second-order valence-corrected chi connectivity index (χ2v) is 6.08. The number of benzene rings is 1. The van der Waals surface area contributed by atoms with Crippen LogP contribution in [0.25, 0.3) is 11.5 Å². The maximum absolute atomic E-state index is 12.9. The second kappa shape index (κ2) is 8.21. The zero-order valence-electron chi connectivity index (χ0n) is 15.1. The summed E-state index contributed by atoms with van der Waals surface area (Å²) in [4.78, 5) is 44.7. The van der Waals surface area contributed by atoms with E-state index < -0.39 is 23.6 Å². The number of amides is 2. The minimum atomic E-state index is -1.11. The van der Waals surface area contributed by atoms with Crippen molar-refractivity contribution in [1.82, 2.24) is 25.1 Å². The quantitative estimate of drug-likeness (QED) is 0.567. The average Bonchev–Trinajstić information content (AvgIpc) is 3.10. The molecule has 3 rings (SSSR count). The van der Waals surface area contributed by atoms with E-state index in [1.165, 1.54) is 23.3 Å². The lowest BCUT2D eigenvalue weighted by atomic mass is 10.0. The molecular formula is C19H18N6O3. The third kappa shape index (κ3) is 4.26. The van der Waals surface area contributed by atoms with Crippen LogP contribution in [0.2, 0.25) is 0 Å². The summed E-state index contributed by atoms with van der Waals surface area (Å²) in [6.45, 7) is 0. The van der Waals surface area contributed by atoms with E-state index >= 15 is 0 Å². The van der Waals surface area contributed by atoms with Gasteiger partial charge in [-0.3, -0.25) is 19.1 Å². The van der Waals surface area contributed by atoms with Crippen LogP contribution in [0.4, 0.5) is 0 Å². The van der Waals surface area contributed by atoms with E-state index in [1.54, 1.807) is 37.4 Å². The van der Waals surface area contributed by atoms with Crippen LogP contribution in [-0.4, -0.2) is 43.4 Å². The Morgan fingerprint density at radius 3 is 2.43 bits per heavy atom. The number of rotatable bonds is 7. The highest BCUT2D eigenvalue weighted by molar-refractivity contribution is 6.38. The molecule has 142 valence electrons. The second-order valence-electron chi connectivity index (χ2n) is 6.08. The van der Waals surface area contributed by atoms with Crippen molar-refractivity contribution in [3.05, 3.63) is 66.1 Å². The molecule has 1 aromatic carbocycles. The molecule has 1 unspecified atom stereocenters. The van der Waals surface area contributed by atoms with Crippen LogP contribution in [0.5, 0.6) is 0 Å². The summed E-state index contributed by atoms with van der Waals surface area (Å²) in [6.07, 6.45) is 4.70. The van der Waals surface area contributed by atoms with Gasteiger partial charge >= 0.3 is 0 Å². The molecule has 9 nitrogen and oxygen atoms in total. The first-order valence-corrected chi connectivity index (χ1v) is 8.45. The van der Waals surface area contributed by atoms with Gasteiger partial charge in [-0.1, -0.05) is 30.3 Å². The van der Waals surface area contributed by atoms with E-state index in [-0.39, 0.29) is 23.5 Å². The van der Waals surface area contributed by atoms with Gasteiger partial charge in [0.2, 0.25) is 5.78 Å². The normalized spacial score (nSPS) is 11.6. The van der Waals surface area contributed by atoms with Gasteiger partial charge in [0.25, 0.3) is 11.8 Å². The van der Waals surface area contributed by atoms with Crippen molar-refractivity contribution in [2.45, 2.75) is 12.5 Å². The van der Waals surface area contributed by atoms with Gasteiger partial charge in [0.15, 0.2) is 5.82 Å². The van der Waals surface area contributed by atoms with E-state index in [4.69, 9.17) is 5.73 Å². The van der Waals surface area contributed by atoms with E-state index in [0.717, 1.165) is 5.56 Å². The van der Waals surface area contributed by atoms with Crippen LogP contribution in [0.1, 0.15) is 15.9 Å². The molecule has 2 aromatic heterocycles. The smallest absolute Gasteiger partial charge is 0.287 e. The lowest BCUT2D eigenvalue weighted by molar-refractivity contribution is -0.137. The van der Waals surface area contributed by atoms with Crippen LogP contribution in [-0.2, 0) is 23.1 Å². The van der Waals surface area contributed by atoms with Crippen LogP contribution in [0.15, 0.2) is 55.0 Å². The van der Waals surface area contributed by atoms with Gasteiger partial charge < -0.3 is 11.1 Å². The third-order valence-electron chi connectivity index (χ3n) is 4.00. The molecule has 0 aliphatic heterocycles. The number of aromatic nitrogens is 4. The highest BCUT2D eigenvalue weighted by Gasteiger charge is 2.28. The van der Waals surface area contributed by atoms with E-state index in [9.17, 15) is 14.4 Å². The number of aryl methyl sites for hydroxylation is 1. The van der Waals surface area contributed by atoms with Gasteiger partial charge in [-0.15, -0.1) is 0 Å². The summed E-state index contributed by atoms with van der Waals surface area (Å²) in [6, 6.07) is 9.56. The largest absolute Gasteiger partial charge is 0.363 e. The summed E-state index contributed by atoms with van der Waals surface area (Å²) < 4.78 is 1.45. The number of hydrogen-bond donors (Lipinski definition) is 2. The van der Waals surface area contributed by atoms with Crippen LogP contribution < -0.4 is 11.1 Å². The highest BCUT2D eigenvalue weighted by atomic mass is 16.2. The summed E-state index contributed by atoms with van der Waals surface area (Å²) >= 11 is 0. The molecule has 28 heavy (non-hydrogen) atoms. The number of ketones is 1. The molecule has 3 aromatic rings. The molecule has 0 radical (unpaired) electrons. The highest BCUT2D eigenvalue weighted by Crippen LogP contribution is 2.18. The Morgan fingerprint density at radius 2 is 1.79 bits per heavy atom. The Bertz CT molecular complexity index is 1000. The molecule has 2 amide bonds. The number of nitrogens with two attached hydrogens (primary N) is 1. The lowest BCUT2D eigenvalue weighted by Gasteiger charge is -2.16. The standard InChI is InChI=1S/C19H18N6O3/c1-25-11-13(15(24-25)18-21-8-5-9-22-18)19(28)23-14(16(26)17(20)27)10-12-6-3-2-4-7-12/h2-9,11,14H,10H2,1H3,(H2,20,27)(H,23,28). The first-order chi connectivity index (χ1) is 13.5. The lowest BCUT2D eigenvalue weighted by Crippen LogP contribution is -2.47.